The van der Waals surface area contributed by atoms with E-state index >= 15 is 0 Å². The Morgan fingerprint density at radius 3 is 2.12 bits per heavy atom. The zero-order chi connectivity index (χ0) is 12.4. The van der Waals surface area contributed by atoms with E-state index in [-0.39, 0.29) is 5.54 Å². The number of aliphatic imine (C=N–C) groups is 1. The van der Waals surface area contributed by atoms with E-state index < -0.39 is 8.80 Å². The summed E-state index contributed by atoms with van der Waals surface area (Å²) >= 11 is 0. The first-order valence-electron chi connectivity index (χ1n) is 5.39. The number of isocyanates is 1. The molecule has 0 aromatic carbocycles. The van der Waals surface area contributed by atoms with Crippen LogP contribution in [0.15, 0.2) is 4.99 Å². The topological polar surface area (TPSA) is 57.1 Å². The minimum atomic E-state index is -2.61. The van der Waals surface area contributed by atoms with E-state index in [0.717, 1.165) is 19.3 Å². The zero-order valence-corrected chi connectivity index (χ0v) is 11.5. The van der Waals surface area contributed by atoms with Gasteiger partial charge in [0.05, 0.1) is 6.54 Å². The molecule has 0 saturated carbocycles. The summed E-state index contributed by atoms with van der Waals surface area (Å²) in [6, 6.07) is 0. The van der Waals surface area contributed by atoms with Crippen molar-refractivity contribution in [3.05, 3.63) is 0 Å². The van der Waals surface area contributed by atoms with Crippen molar-refractivity contribution in [3.8, 4) is 0 Å². The molecule has 6 heteroatoms. The summed E-state index contributed by atoms with van der Waals surface area (Å²) in [5, 5.41) is 0. The molecule has 0 amide bonds. The normalized spacial score (nSPS) is 13.2. The number of nitrogens with zero attached hydrogens (tertiary/aromatic N) is 1. The molecule has 1 unspecified atom stereocenters. The van der Waals surface area contributed by atoms with Gasteiger partial charge >= 0.3 is 8.80 Å². The number of hydrogen-bond acceptors (Lipinski definition) is 5. The van der Waals surface area contributed by atoms with Gasteiger partial charge in [-0.2, -0.15) is 0 Å². The van der Waals surface area contributed by atoms with Crippen LogP contribution in [0.1, 0.15) is 26.2 Å². The SMILES string of the molecule is CCCC(CCN=C=O)[Si](OC)(OC)OC. The first kappa shape index (κ1) is 15.5. The molecule has 0 heterocycles. The van der Waals surface area contributed by atoms with Crippen molar-refractivity contribution < 1.29 is 18.1 Å². The summed E-state index contributed by atoms with van der Waals surface area (Å²) in [6.45, 7) is 2.54. The van der Waals surface area contributed by atoms with Gasteiger partial charge in [0.25, 0.3) is 0 Å². The molecule has 0 rings (SSSR count). The highest BCUT2D eigenvalue weighted by molar-refractivity contribution is 6.62. The van der Waals surface area contributed by atoms with Crippen LogP contribution in [0.2, 0.25) is 5.54 Å². The van der Waals surface area contributed by atoms with Crippen LogP contribution in [0.5, 0.6) is 0 Å². The Balaban J connectivity index is 4.61. The largest absolute Gasteiger partial charge is 0.503 e. The second kappa shape index (κ2) is 8.61. The predicted molar refractivity (Wildman–Crippen MR) is 63.0 cm³/mol. The van der Waals surface area contributed by atoms with Gasteiger partial charge < -0.3 is 13.3 Å². The van der Waals surface area contributed by atoms with Crippen molar-refractivity contribution in [2.24, 2.45) is 4.99 Å². The van der Waals surface area contributed by atoms with E-state index in [1.807, 2.05) is 0 Å². The van der Waals surface area contributed by atoms with Crippen LogP contribution in [-0.4, -0.2) is 42.8 Å². The Hall–Kier alpha value is -0.523. The molecule has 94 valence electrons. The number of carbonyl (C=O) groups excluding carboxylic acids is 1. The second-order valence-electron chi connectivity index (χ2n) is 3.46. The van der Waals surface area contributed by atoms with Crippen molar-refractivity contribution in [2.75, 3.05) is 27.9 Å². The van der Waals surface area contributed by atoms with Crippen LogP contribution in [-0.2, 0) is 18.1 Å². The van der Waals surface area contributed by atoms with Crippen molar-refractivity contribution >= 4 is 14.9 Å². The molecule has 0 bridgehead atoms. The molecule has 0 N–H and O–H groups in total. The standard InChI is InChI=1S/C10H21NO4Si/c1-5-6-10(7-8-11-9-12)16(13-2,14-3)15-4/h10H,5-8H2,1-4H3. The fourth-order valence-electron chi connectivity index (χ4n) is 1.86. The fourth-order valence-corrected chi connectivity index (χ4v) is 4.49. The Kier molecular flexibility index (Phi) is 8.33. The summed E-state index contributed by atoms with van der Waals surface area (Å²) in [5.41, 5.74) is 0.176. The minimum absolute atomic E-state index is 0.176. The lowest BCUT2D eigenvalue weighted by Crippen LogP contribution is -2.48. The molecule has 0 fully saturated rings. The fraction of sp³-hybridized carbons (Fsp3) is 0.900. The van der Waals surface area contributed by atoms with E-state index in [0.29, 0.717) is 6.54 Å². The molecule has 5 nitrogen and oxygen atoms in total. The predicted octanol–water partition coefficient (Wildman–Crippen LogP) is 1.76. The lowest BCUT2D eigenvalue weighted by molar-refractivity contribution is 0.108. The molecule has 0 aliphatic heterocycles. The molecule has 0 aliphatic rings. The molecule has 0 saturated heterocycles. The van der Waals surface area contributed by atoms with Gasteiger partial charge in [0, 0.05) is 26.9 Å². The van der Waals surface area contributed by atoms with E-state index in [2.05, 4.69) is 11.9 Å². The summed E-state index contributed by atoms with van der Waals surface area (Å²) in [6.07, 6.45) is 4.22. The van der Waals surface area contributed by atoms with Gasteiger partial charge in [-0.1, -0.05) is 13.3 Å². The van der Waals surface area contributed by atoms with Gasteiger partial charge in [0.2, 0.25) is 6.08 Å². The Morgan fingerprint density at radius 2 is 1.75 bits per heavy atom. The van der Waals surface area contributed by atoms with Crippen LogP contribution in [0.3, 0.4) is 0 Å². The van der Waals surface area contributed by atoms with Crippen molar-refractivity contribution in [1.29, 1.82) is 0 Å². The molecule has 16 heavy (non-hydrogen) atoms. The highest BCUT2D eigenvalue weighted by atomic mass is 28.4. The summed E-state index contributed by atoms with van der Waals surface area (Å²) in [4.78, 5) is 13.6. The third-order valence-electron chi connectivity index (χ3n) is 2.64. The second-order valence-corrected chi connectivity index (χ2v) is 6.71. The number of hydrogen-bond donors (Lipinski definition) is 0. The van der Waals surface area contributed by atoms with Crippen molar-refractivity contribution in [2.45, 2.75) is 31.7 Å². The average Bonchev–Trinajstić information content (AvgIpc) is 2.32. The first-order chi connectivity index (χ1) is 7.70. The third-order valence-corrected chi connectivity index (χ3v) is 5.93. The molecule has 0 aromatic heterocycles. The molecular formula is C10H21NO4Si. The molecular weight excluding hydrogens is 226 g/mol. The highest BCUT2D eigenvalue weighted by Gasteiger charge is 2.46. The van der Waals surface area contributed by atoms with Crippen molar-refractivity contribution in [1.82, 2.24) is 0 Å². The first-order valence-corrected chi connectivity index (χ1v) is 7.20. The smallest absolute Gasteiger partial charge is 0.377 e. The monoisotopic (exact) mass is 247 g/mol. The van der Waals surface area contributed by atoms with E-state index in [1.54, 1.807) is 21.3 Å². The maximum Gasteiger partial charge on any atom is 0.503 e. The Morgan fingerprint density at radius 1 is 1.19 bits per heavy atom. The highest BCUT2D eigenvalue weighted by Crippen LogP contribution is 2.31. The summed E-state index contributed by atoms with van der Waals surface area (Å²) in [5.74, 6) is 0. The third kappa shape index (κ3) is 4.15. The molecule has 0 radical (unpaired) electrons. The quantitative estimate of drug-likeness (QED) is 0.354. The van der Waals surface area contributed by atoms with Gasteiger partial charge in [0.15, 0.2) is 0 Å². The Bertz CT molecular complexity index is 219. The average molecular weight is 247 g/mol. The lowest BCUT2D eigenvalue weighted by atomic mass is 10.2. The van der Waals surface area contributed by atoms with Gasteiger partial charge in [-0.05, 0) is 12.8 Å². The maximum atomic E-state index is 10.0. The van der Waals surface area contributed by atoms with Crippen molar-refractivity contribution in [3.63, 3.8) is 0 Å². The van der Waals surface area contributed by atoms with Crippen LogP contribution in [0.4, 0.5) is 0 Å². The van der Waals surface area contributed by atoms with E-state index in [1.165, 1.54) is 6.08 Å². The Labute approximate surface area is 98.2 Å². The molecule has 1 atom stereocenters. The van der Waals surface area contributed by atoms with Crippen LogP contribution in [0, 0.1) is 0 Å². The maximum absolute atomic E-state index is 10.0. The summed E-state index contributed by atoms with van der Waals surface area (Å²) < 4.78 is 16.3. The van der Waals surface area contributed by atoms with Gasteiger partial charge in [-0.3, -0.25) is 0 Å². The number of rotatable bonds is 9. The molecule has 0 spiro atoms. The van der Waals surface area contributed by atoms with Gasteiger partial charge in [0.1, 0.15) is 0 Å². The van der Waals surface area contributed by atoms with Crippen LogP contribution in [0.25, 0.3) is 0 Å². The minimum Gasteiger partial charge on any atom is -0.377 e. The lowest BCUT2D eigenvalue weighted by Gasteiger charge is -2.32. The molecule has 0 aliphatic carbocycles. The van der Waals surface area contributed by atoms with E-state index in [9.17, 15) is 4.79 Å². The summed E-state index contributed by atoms with van der Waals surface area (Å²) in [7, 11) is 2.20. The van der Waals surface area contributed by atoms with E-state index in [4.69, 9.17) is 13.3 Å². The van der Waals surface area contributed by atoms with Crippen LogP contribution < -0.4 is 0 Å². The van der Waals surface area contributed by atoms with Gasteiger partial charge in [-0.15, -0.1) is 0 Å². The van der Waals surface area contributed by atoms with Gasteiger partial charge in [-0.25, -0.2) is 9.79 Å². The molecule has 0 aromatic rings. The zero-order valence-electron chi connectivity index (χ0n) is 10.5. The van der Waals surface area contributed by atoms with Crippen LogP contribution >= 0.6 is 0 Å².